The van der Waals surface area contributed by atoms with Crippen molar-refractivity contribution in [3.63, 3.8) is 0 Å². The molecular formula is C28H37NO3. The first-order valence-corrected chi connectivity index (χ1v) is 13.1. The van der Waals surface area contributed by atoms with Crippen LogP contribution in [0.5, 0.6) is 11.5 Å². The number of likely N-dealkylation sites (tertiary alicyclic amines) is 1. The van der Waals surface area contributed by atoms with Crippen molar-refractivity contribution in [3.05, 3.63) is 23.3 Å². The van der Waals surface area contributed by atoms with Gasteiger partial charge in [0.15, 0.2) is 11.5 Å². The van der Waals surface area contributed by atoms with E-state index in [9.17, 15) is 5.11 Å². The average Bonchev–Trinajstić information content (AvgIpc) is 3.44. The van der Waals surface area contributed by atoms with Crippen molar-refractivity contribution >= 4 is 0 Å². The highest BCUT2D eigenvalue weighted by Gasteiger charge is 2.84. The van der Waals surface area contributed by atoms with Crippen LogP contribution in [0.3, 0.4) is 0 Å². The Morgan fingerprint density at radius 1 is 1.09 bits per heavy atom. The maximum atomic E-state index is 10.9. The second kappa shape index (κ2) is 5.20. The number of ether oxygens (including phenoxy) is 2. The largest absolute Gasteiger partial charge is 0.504 e. The first-order valence-electron chi connectivity index (χ1n) is 13.1. The van der Waals surface area contributed by atoms with Gasteiger partial charge in [0, 0.05) is 34.9 Å². The summed E-state index contributed by atoms with van der Waals surface area (Å²) in [6, 6.07) is 4.70. The minimum atomic E-state index is -0.238. The molecular weight excluding hydrogens is 398 g/mol. The van der Waals surface area contributed by atoms with Gasteiger partial charge in [0.25, 0.3) is 0 Å². The van der Waals surface area contributed by atoms with E-state index in [4.69, 9.17) is 9.47 Å². The number of rotatable bonds is 2. The molecule has 9 rings (SSSR count). The van der Waals surface area contributed by atoms with Gasteiger partial charge in [-0.15, -0.1) is 0 Å². The zero-order chi connectivity index (χ0) is 21.9. The van der Waals surface area contributed by atoms with Gasteiger partial charge in [-0.3, -0.25) is 4.90 Å². The highest BCUT2D eigenvalue weighted by Crippen LogP contribution is 2.80. The molecule has 3 heterocycles. The number of aromatic hydroxyl groups is 1. The summed E-state index contributed by atoms with van der Waals surface area (Å²) in [6.45, 7) is 12.0. The molecule has 32 heavy (non-hydrogen) atoms. The predicted molar refractivity (Wildman–Crippen MR) is 122 cm³/mol. The maximum absolute atomic E-state index is 10.9. The van der Waals surface area contributed by atoms with Crippen molar-refractivity contribution in [2.75, 3.05) is 13.1 Å². The predicted octanol–water partition coefficient (Wildman–Crippen LogP) is 4.81. The van der Waals surface area contributed by atoms with Crippen molar-refractivity contribution < 1.29 is 14.6 Å². The Labute approximate surface area is 191 Å². The summed E-state index contributed by atoms with van der Waals surface area (Å²) >= 11 is 0. The quantitative estimate of drug-likeness (QED) is 0.724. The van der Waals surface area contributed by atoms with Crippen LogP contribution in [-0.2, 0) is 16.6 Å². The molecule has 172 valence electrons. The monoisotopic (exact) mass is 435 g/mol. The number of hydrogen-bond donors (Lipinski definition) is 1. The number of phenols is 1. The van der Waals surface area contributed by atoms with E-state index in [0.29, 0.717) is 17.7 Å². The molecule has 1 N–H and O–H groups in total. The molecule has 3 spiro atoms. The fourth-order valence-electron chi connectivity index (χ4n) is 10.1. The van der Waals surface area contributed by atoms with Crippen LogP contribution in [0.4, 0.5) is 0 Å². The Kier molecular flexibility index (Phi) is 3.10. The standard InChI is InChI=1S/C28H37NO3/c1-24(2)19-14-26-9-10-28(19,32-25(24,3)4)23-27(26)11-12-29(15-16-5-6-16)20(26)13-17-7-8-18(30)22(31-23)21(17)27/h7-8,16,19-20,23,30H,5-6,9-15H2,1-4H3/t19-,20-,23-,26?,27?,28?/m1/s1. The third-order valence-electron chi connectivity index (χ3n) is 12.1. The Morgan fingerprint density at radius 3 is 2.69 bits per heavy atom. The van der Waals surface area contributed by atoms with Crippen LogP contribution in [0, 0.1) is 22.7 Å². The van der Waals surface area contributed by atoms with Gasteiger partial charge in [-0.1, -0.05) is 19.9 Å². The molecule has 4 heteroatoms. The van der Waals surface area contributed by atoms with Gasteiger partial charge in [0.05, 0.1) is 5.60 Å². The lowest BCUT2D eigenvalue weighted by molar-refractivity contribution is -0.272. The van der Waals surface area contributed by atoms with Crippen LogP contribution in [-0.4, -0.2) is 46.4 Å². The second-order valence-corrected chi connectivity index (χ2v) is 13.5. The number of piperidine rings is 1. The third-order valence-corrected chi connectivity index (χ3v) is 12.1. The van der Waals surface area contributed by atoms with E-state index in [1.165, 1.54) is 49.9 Å². The highest BCUT2D eigenvalue weighted by molar-refractivity contribution is 5.63. The topological polar surface area (TPSA) is 41.9 Å². The lowest BCUT2D eigenvalue weighted by Gasteiger charge is -2.73. The number of fused-ring (bicyclic) bond motifs is 1. The number of benzene rings is 1. The smallest absolute Gasteiger partial charge is 0.165 e. The Balaban J connectivity index is 1.40. The molecule has 6 fully saturated rings. The van der Waals surface area contributed by atoms with Crippen LogP contribution in [0.25, 0.3) is 0 Å². The minimum absolute atomic E-state index is 0.00459. The van der Waals surface area contributed by atoms with E-state index in [-0.39, 0.29) is 33.6 Å². The molecule has 0 amide bonds. The van der Waals surface area contributed by atoms with Crippen LogP contribution in [0.2, 0.25) is 0 Å². The first kappa shape index (κ1) is 19.1. The van der Waals surface area contributed by atoms with E-state index in [1.807, 2.05) is 6.07 Å². The van der Waals surface area contributed by atoms with Crippen LogP contribution < -0.4 is 4.74 Å². The Hall–Kier alpha value is -1.26. The first-order chi connectivity index (χ1) is 15.2. The summed E-state index contributed by atoms with van der Waals surface area (Å²) in [5, 5.41) is 10.9. The summed E-state index contributed by atoms with van der Waals surface area (Å²) in [5.41, 5.74) is 2.74. The molecule has 4 saturated carbocycles. The van der Waals surface area contributed by atoms with Gasteiger partial charge in [0.2, 0.25) is 0 Å². The van der Waals surface area contributed by atoms with Gasteiger partial charge in [-0.05, 0) is 88.3 Å². The molecule has 8 aliphatic rings. The van der Waals surface area contributed by atoms with E-state index >= 15 is 0 Å². The van der Waals surface area contributed by atoms with Gasteiger partial charge in [-0.2, -0.15) is 0 Å². The van der Waals surface area contributed by atoms with E-state index in [1.54, 1.807) is 0 Å². The van der Waals surface area contributed by atoms with Gasteiger partial charge < -0.3 is 14.6 Å². The van der Waals surface area contributed by atoms with Crippen LogP contribution >= 0.6 is 0 Å². The van der Waals surface area contributed by atoms with E-state index < -0.39 is 0 Å². The molecule has 3 unspecified atom stereocenters. The molecule has 3 aliphatic heterocycles. The molecule has 2 saturated heterocycles. The van der Waals surface area contributed by atoms with Crippen molar-refractivity contribution in [3.8, 4) is 11.5 Å². The fraction of sp³-hybridized carbons (Fsp3) is 0.786. The zero-order valence-corrected chi connectivity index (χ0v) is 20.0. The molecule has 1 aromatic carbocycles. The van der Waals surface area contributed by atoms with Gasteiger partial charge in [-0.25, -0.2) is 0 Å². The zero-order valence-electron chi connectivity index (χ0n) is 20.0. The van der Waals surface area contributed by atoms with Crippen molar-refractivity contribution in [1.82, 2.24) is 4.90 Å². The fourth-order valence-corrected chi connectivity index (χ4v) is 10.1. The van der Waals surface area contributed by atoms with Gasteiger partial charge in [0.1, 0.15) is 11.7 Å². The second-order valence-electron chi connectivity index (χ2n) is 13.5. The average molecular weight is 436 g/mol. The Morgan fingerprint density at radius 2 is 1.91 bits per heavy atom. The molecule has 0 aromatic heterocycles. The number of phenolic OH excluding ortho intramolecular Hbond substituents is 1. The number of nitrogens with zero attached hydrogens (tertiary/aromatic N) is 1. The summed E-state index contributed by atoms with van der Waals surface area (Å²) < 4.78 is 14.2. The molecule has 4 bridgehead atoms. The van der Waals surface area contributed by atoms with Crippen molar-refractivity contribution in [2.24, 2.45) is 22.7 Å². The lowest BCUT2D eigenvalue weighted by Crippen LogP contribution is -2.80. The van der Waals surface area contributed by atoms with E-state index in [2.05, 4.69) is 38.7 Å². The molecule has 1 aromatic rings. The molecule has 6 atom stereocenters. The molecule has 4 nitrogen and oxygen atoms in total. The van der Waals surface area contributed by atoms with Crippen molar-refractivity contribution in [2.45, 2.75) is 101 Å². The summed E-state index contributed by atoms with van der Waals surface area (Å²) in [6.07, 6.45) is 8.76. The molecule has 5 aliphatic carbocycles. The SMILES string of the molecule is CC1(C)OC23CCC4(C[C@@H]2C1(C)C)[C@H]1Cc2ccc(O)c5c2C4(CCN1CC1CC1)[C@H]3O5. The summed E-state index contributed by atoms with van der Waals surface area (Å²) in [7, 11) is 0. The van der Waals surface area contributed by atoms with E-state index in [0.717, 1.165) is 30.9 Å². The summed E-state index contributed by atoms with van der Waals surface area (Å²) in [5.74, 6) is 2.56. The maximum Gasteiger partial charge on any atom is 0.165 e. The van der Waals surface area contributed by atoms with Gasteiger partial charge >= 0.3 is 0 Å². The minimum Gasteiger partial charge on any atom is -0.504 e. The highest BCUT2D eigenvalue weighted by atomic mass is 16.6. The number of hydrogen-bond acceptors (Lipinski definition) is 4. The molecule has 0 radical (unpaired) electrons. The van der Waals surface area contributed by atoms with Crippen LogP contribution in [0.15, 0.2) is 12.1 Å². The third kappa shape index (κ3) is 1.74. The van der Waals surface area contributed by atoms with Crippen molar-refractivity contribution in [1.29, 1.82) is 0 Å². The summed E-state index contributed by atoms with van der Waals surface area (Å²) in [4.78, 5) is 2.90. The van der Waals surface area contributed by atoms with Crippen LogP contribution in [0.1, 0.15) is 77.3 Å². The lowest BCUT2D eigenvalue weighted by atomic mass is 9.33. The normalized spacial score (nSPS) is 48.3. The Bertz CT molecular complexity index is 1060.